The van der Waals surface area contributed by atoms with Crippen LogP contribution in [0.1, 0.15) is 43.7 Å². The SMILES string of the molecule is CCCc1ccc(C23CC(I)(C2)C3)cc1. The molecular formula is C14H17I. The van der Waals surface area contributed by atoms with Gasteiger partial charge < -0.3 is 0 Å². The molecule has 1 aromatic carbocycles. The van der Waals surface area contributed by atoms with Gasteiger partial charge in [0.05, 0.1) is 0 Å². The Labute approximate surface area is 106 Å². The first kappa shape index (κ1) is 10.1. The Bertz CT molecular complexity index is 357. The van der Waals surface area contributed by atoms with Crippen LogP contribution in [0.2, 0.25) is 0 Å². The van der Waals surface area contributed by atoms with Gasteiger partial charge in [0, 0.05) is 3.42 Å². The monoisotopic (exact) mass is 312 g/mol. The summed E-state index contributed by atoms with van der Waals surface area (Å²) in [5.41, 5.74) is 3.70. The van der Waals surface area contributed by atoms with E-state index in [9.17, 15) is 0 Å². The third-order valence-electron chi connectivity index (χ3n) is 4.07. The minimum Gasteiger partial charge on any atom is -0.0788 e. The molecule has 1 heteroatoms. The maximum Gasteiger partial charge on any atom is 0.0247 e. The Kier molecular flexibility index (Phi) is 2.17. The molecule has 4 rings (SSSR count). The topological polar surface area (TPSA) is 0 Å². The molecule has 0 aliphatic heterocycles. The van der Waals surface area contributed by atoms with Crippen LogP contribution in [0.15, 0.2) is 24.3 Å². The smallest absolute Gasteiger partial charge is 0.0247 e. The standard InChI is InChI=1S/C14H17I/c1-2-3-11-4-6-12(7-5-11)13-8-14(15,9-13)10-13/h4-7H,2-3,8-10H2,1H3. The van der Waals surface area contributed by atoms with Crippen LogP contribution in [0, 0.1) is 0 Å². The summed E-state index contributed by atoms with van der Waals surface area (Å²) in [7, 11) is 0. The van der Waals surface area contributed by atoms with E-state index in [1.165, 1.54) is 37.7 Å². The first-order valence-corrected chi connectivity index (χ1v) is 7.02. The van der Waals surface area contributed by atoms with E-state index in [4.69, 9.17) is 0 Å². The van der Waals surface area contributed by atoms with Gasteiger partial charge in [-0.1, -0.05) is 60.2 Å². The predicted octanol–water partition coefficient (Wildman–Crippen LogP) is 4.25. The first-order valence-electron chi connectivity index (χ1n) is 5.94. The fourth-order valence-corrected chi connectivity index (χ4v) is 5.47. The van der Waals surface area contributed by atoms with Crippen molar-refractivity contribution in [2.45, 2.75) is 47.9 Å². The Balaban J connectivity index is 1.77. The first-order chi connectivity index (χ1) is 7.16. The highest BCUT2D eigenvalue weighted by Crippen LogP contribution is 2.72. The van der Waals surface area contributed by atoms with Gasteiger partial charge in [0.1, 0.15) is 0 Å². The van der Waals surface area contributed by atoms with Crippen molar-refractivity contribution >= 4 is 22.6 Å². The van der Waals surface area contributed by atoms with Crippen LogP contribution in [0.25, 0.3) is 0 Å². The molecule has 0 spiro atoms. The summed E-state index contributed by atoms with van der Waals surface area (Å²) < 4.78 is 0.694. The Morgan fingerprint density at radius 2 is 1.73 bits per heavy atom. The van der Waals surface area contributed by atoms with Crippen molar-refractivity contribution in [3.05, 3.63) is 35.4 Å². The molecule has 3 aliphatic rings. The number of hydrogen-bond donors (Lipinski definition) is 0. The Morgan fingerprint density at radius 1 is 1.13 bits per heavy atom. The van der Waals surface area contributed by atoms with Gasteiger partial charge in [-0.15, -0.1) is 0 Å². The number of benzene rings is 1. The van der Waals surface area contributed by atoms with E-state index < -0.39 is 0 Å². The van der Waals surface area contributed by atoms with Crippen LogP contribution in [0.5, 0.6) is 0 Å². The van der Waals surface area contributed by atoms with Crippen molar-refractivity contribution in [1.29, 1.82) is 0 Å². The van der Waals surface area contributed by atoms with Gasteiger partial charge in [-0.3, -0.25) is 0 Å². The summed E-state index contributed by atoms with van der Waals surface area (Å²) in [6, 6.07) is 9.42. The molecule has 15 heavy (non-hydrogen) atoms. The molecule has 1 aromatic rings. The zero-order chi connectivity index (χ0) is 10.5. The van der Waals surface area contributed by atoms with Crippen molar-refractivity contribution in [1.82, 2.24) is 0 Å². The second-order valence-corrected chi connectivity index (χ2v) is 7.70. The normalized spacial score (nSPS) is 36.9. The van der Waals surface area contributed by atoms with Crippen LogP contribution in [-0.2, 0) is 11.8 Å². The van der Waals surface area contributed by atoms with Gasteiger partial charge in [-0.2, -0.15) is 0 Å². The fourth-order valence-electron chi connectivity index (χ4n) is 3.28. The van der Waals surface area contributed by atoms with E-state index >= 15 is 0 Å². The van der Waals surface area contributed by atoms with Crippen molar-refractivity contribution in [2.75, 3.05) is 0 Å². The van der Waals surface area contributed by atoms with Gasteiger partial charge in [0.25, 0.3) is 0 Å². The molecular weight excluding hydrogens is 295 g/mol. The van der Waals surface area contributed by atoms with Crippen molar-refractivity contribution in [3.63, 3.8) is 0 Å². The summed E-state index contributed by atoms with van der Waals surface area (Å²) >= 11 is 2.65. The van der Waals surface area contributed by atoms with E-state index in [0.29, 0.717) is 8.84 Å². The van der Waals surface area contributed by atoms with Crippen molar-refractivity contribution in [3.8, 4) is 0 Å². The van der Waals surface area contributed by atoms with Crippen LogP contribution in [-0.4, -0.2) is 3.42 Å². The quantitative estimate of drug-likeness (QED) is 0.578. The zero-order valence-electron chi connectivity index (χ0n) is 9.22. The van der Waals surface area contributed by atoms with Crippen molar-refractivity contribution < 1.29 is 0 Å². The number of alkyl halides is 1. The third kappa shape index (κ3) is 1.46. The largest absolute Gasteiger partial charge is 0.0788 e. The molecule has 0 unspecified atom stereocenters. The highest BCUT2D eigenvalue weighted by molar-refractivity contribution is 14.1. The molecule has 0 amide bonds. The molecule has 0 nitrogen and oxygen atoms in total. The van der Waals surface area contributed by atoms with Gasteiger partial charge in [-0.05, 0) is 42.2 Å². The molecule has 80 valence electrons. The summed E-state index contributed by atoms with van der Waals surface area (Å²) in [5.74, 6) is 0. The minimum absolute atomic E-state index is 0.603. The second-order valence-electron chi connectivity index (χ2n) is 5.41. The van der Waals surface area contributed by atoms with E-state index in [2.05, 4.69) is 53.8 Å². The summed E-state index contributed by atoms with van der Waals surface area (Å²) in [6.07, 6.45) is 6.75. The van der Waals surface area contributed by atoms with Crippen LogP contribution in [0.4, 0.5) is 0 Å². The predicted molar refractivity (Wildman–Crippen MR) is 72.7 cm³/mol. The molecule has 0 radical (unpaired) electrons. The third-order valence-corrected chi connectivity index (χ3v) is 5.21. The van der Waals surface area contributed by atoms with Gasteiger partial charge in [0.2, 0.25) is 0 Å². The maximum atomic E-state index is 2.65. The minimum atomic E-state index is 0.603. The Hall–Kier alpha value is -0.0500. The van der Waals surface area contributed by atoms with Crippen LogP contribution in [0.3, 0.4) is 0 Å². The summed E-state index contributed by atoms with van der Waals surface area (Å²) in [4.78, 5) is 0. The lowest BCUT2D eigenvalue weighted by molar-refractivity contribution is 0.0220. The fraction of sp³-hybridized carbons (Fsp3) is 0.571. The highest BCUT2D eigenvalue weighted by Gasteiger charge is 2.66. The zero-order valence-corrected chi connectivity index (χ0v) is 11.4. The molecule has 3 saturated carbocycles. The van der Waals surface area contributed by atoms with Gasteiger partial charge in [-0.25, -0.2) is 0 Å². The molecule has 0 N–H and O–H groups in total. The van der Waals surface area contributed by atoms with E-state index in [-0.39, 0.29) is 0 Å². The summed E-state index contributed by atoms with van der Waals surface area (Å²) in [6.45, 7) is 2.24. The molecule has 2 bridgehead atoms. The Morgan fingerprint density at radius 3 is 2.20 bits per heavy atom. The van der Waals surface area contributed by atoms with Crippen molar-refractivity contribution in [2.24, 2.45) is 0 Å². The second kappa shape index (κ2) is 3.22. The highest BCUT2D eigenvalue weighted by atomic mass is 127. The van der Waals surface area contributed by atoms with E-state index in [0.717, 1.165) is 0 Å². The van der Waals surface area contributed by atoms with E-state index in [1.807, 2.05) is 0 Å². The molecule has 0 atom stereocenters. The molecule has 0 saturated heterocycles. The lowest BCUT2D eigenvalue weighted by Crippen LogP contribution is -2.65. The molecule has 0 aromatic heterocycles. The van der Waals surface area contributed by atoms with Crippen LogP contribution >= 0.6 is 22.6 Å². The van der Waals surface area contributed by atoms with E-state index in [1.54, 1.807) is 5.56 Å². The lowest BCUT2D eigenvalue weighted by atomic mass is 9.42. The number of rotatable bonds is 3. The van der Waals surface area contributed by atoms with Gasteiger partial charge >= 0.3 is 0 Å². The average molecular weight is 312 g/mol. The molecule has 0 heterocycles. The molecule has 3 fully saturated rings. The summed E-state index contributed by atoms with van der Waals surface area (Å²) in [5, 5.41) is 0. The maximum absolute atomic E-state index is 2.65. The van der Waals surface area contributed by atoms with Gasteiger partial charge in [0.15, 0.2) is 0 Å². The van der Waals surface area contributed by atoms with Crippen LogP contribution < -0.4 is 0 Å². The number of aryl methyl sites for hydroxylation is 1. The molecule has 3 aliphatic carbocycles. The lowest BCUT2D eigenvalue weighted by Gasteiger charge is -2.68. The average Bonchev–Trinajstić information content (AvgIpc) is 2.14. The number of hydrogen-bond acceptors (Lipinski definition) is 0. The number of halogens is 1.